The van der Waals surface area contributed by atoms with Gasteiger partial charge in [0.2, 0.25) is 0 Å². The number of anilines is 1. The van der Waals surface area contributed by atoms with Crippen LogP contribution in [0.25, 0.3) is 0 Å². The number of aliphatic hydroxyl groups excluding tert-OH is 4. The molecular weight excluding hydrogens is 330 g/mol. The molecule has 1 unspecified atom stereocenters. The number of aliphatic carboxylic acids is 1. The summed E-state index contributed by atoms with van der Waals surface area (Å²) in [7, 11) is 0. The maximum Gasteiger partial charge on any atom is 0.303 e. The molecule has 0 amide bonds. The highest BCUT2D eigenvalue weighted by Crippen LogP contribution is 2.28. The Bertz CT molecular complexity index is 539. The zero-order valence-electron chi connectivity index (χ0n) is 13.7. The van der Waals surface area contributed by atoms with Crippen LogP contribution in [0.15, 0.2) is 30.3 Å². The van der Waals surface area contributed by atoms with Crippen LogP contribution in [-0.4, -0.2) is 75.2 Å². The Balaban J connectivity index is 2.10. The van der Waals surface area contributed by atoms with Crippen LogP contribution in [0, 0.1) is 5.92 Å². The van der Waals surface area contributed by atoms with Gasteiger partial charge in [-0.2, -0.15) is 0 Å². The van der Waals surface area contributed by atoms with Crippen molar-refractivity contribution >= 4 is 11.7 Å². The topological polar surface area (TPSA) is 139 Å². The fourth-order valence-corrected chi connectivity index (χ4v) is 3.02. The van der Waals surface area contributed by atoms with Crippen molar-refractivity contribution in [3.63, 3.8) is 0 Å². The number of benzene rings is 1. The van der Waals surface area contributed by atoms with Crippen molar-refractivity contribution in [3.8, 4) is 0 Å². The maximum atomic E-state index is 10.9. The van der Waals surface area contributed by atoms with Gasteiger partial charge in [0.25, 0.3) is 0 Å². The standard InChI is InChI=1S/C17H25NO7/c19-9-12-14(22)15(23)16(24)17(25-12)10(6-7-13(20)21)8-18-11-4-2-1-3-5-11/h1-5,10,12,14-19,22-24H,6-9H2,(H,20,21)/t10?,12-,14+,15+,16-,17+/m1/s1. The number of aliphatic hydroxyl groups is 4. The van der Waals surface area contributed by atoms with Gasteiger partial charge in [0.05, 0.1) is 12.7 Å². The molecular formula is C17H25NO7. The lowest BCUT2D eigenvalue weighted by Crippen LogP contribution is -2.60. The molecule has 0 aliphatic carbocycles. The number of rotatable bonds is 8. The second-order valence-corrected chi connectivity index (χ2v) is 6.23. The second kappa shape index (κ2) is 9.12. The quantitative estimate of drug-likeness (QED) is 0.364. The van der Waals surface area contributed by atoms with Crippen molar-refractivity contribution in [3.05, 3.63) is 30.3 Å². The minimum atomic E-state index is -1.47. The number of carboxylic acids is 1. The predicted octanol–water partition coefficient (Wildman–Crippen LogP) is -0.578. The first-order valence-electron chi connectivity index (χ1n) is 8.25. The lowest BCUT2D eigenvalue weighted by molar-refractivity contribution is -0.240. The molecule has 1 heterocycles. The first-order valence-corrected chi connectivity index (χ1v) is 8.25. The van der Waals surface area contributed by atoms with E-state index in [1.165, 1.54) is 0 Å². The summed E-state index contributed by atoms with van der Waals surface area (Å²) in [4.78, 5) is 10.9. The highest BCUT2D eigenvalue weighted by molar-refractivity contribution is 5.66. The summed E-state index contributed by atoms with van der Waals surface area (Å²) in [5.74, 6) is -1.42. The van der Waals surface area contributed by atoms with Gasteiger partial charge in [-0.15, -0.1) is 0 Å². The average molecular weight is 355 g/mol. The normalized spacial score (nSPS) is 30.6. The molecule has 0 spiro atoms. The van der Waals surface area contributed by atoms with Crippen molar-refractivity contribution in [1.82, 2.24) is 0 Å². The van der Waals surface area contributed by atoms with E-state index in [1.54, 1.807) is 0 Å². The van der Waals surface area contributed by atoms with Crippen molar-refractivity contribution in [2.24, 2.45) is 5.92 Å². The fraction of sp³-hybridized carbons (Fsp3) is 0.588. The van der Waals surface area contributed by atoms with Crippen molar-refractivity contribution < 1.29 is 35.1 Å². The monoisotopic (exact) mass is 355 g/mol. The molecule has 0 saturated carbocycles. The van der Waals surface area contributed by atoms with Crippen LogP contribution in [0.1, 0.15) is 12.8 Å². The van der Waals surface area contributed by atoms with Gasteiger partial charge in [0.1, 0.15) is 24.4 Å². The summed E-state index contributed by atoms with van der Waals surface area (Å²) >= 11 is 0. The third-order valence-electron chi connectivity index (χ3n) is 4.46. The molecule has 8 heteroatoms. The number of para-hydroxylation sites is 1. The average Bonchev–Trinajstić information content (AvgIpc) is 2.61. The lowest BCUT2D eigenvalue weighted by Gasteiger charge is -2.43. The number of nitrogens with one attached hydrogen (secondary N) is 1. The first kappa shape index (κ1) is 19.6. The molecule has 0 aromatic heterocycles. The third kappa shape index (κ3) is 5.13. The van der Waals surface area contributed by atoms with Gasteiger partial charge in [0.15, 0.2) is 0 Å². The Morgan fingerprint density at radius 1 is 1.12 bits per heavy atom. The smallest absolute Gasteiger partial charge is 0.303 e. The molecule has 2 rings (SSSR count). The molecule has 1 fully saturated rings. The Morgan fingerprint density at radius 3 is 2.40 bits per heavy atom. The number of carboxylic acid groups (broad SMARTS) is 1. The predicted molar refractivity (Wildman–Crippen MR) is 89.1 cm³/mol. The summed E-state index contributed by atoms with van der Waals surface area (Å²) in [6.45, 7) is -0.209. The van der Waals surface area contributed by atoms with E-state index in [9.17, 15) is 25.2 Å². The van der Waals surface area contributed by atoms with E-state index >= 15 is 0 Å². The molecule has 0 bridgehead atoms. The van der Waals surface area contributed by atoms with E-state index in [0.717, 1.165) is 5.69 Å². The Hall–Kier alpha value is -1.71. The molecule has 8 nitrogen and oxygen atoms in total. The van der Waals surface area contributed by atoms with E-state index in [2.05, 4.69) is 5.32 Å². The zero-order valence-corrected chi connectivity index (χ0v) is 13.7. The Labute approximate surface area is 145 Å². The second-order valence-electron chi connectivity index (χ2n) is 6.23. The van der Waals surface area contributed by atoms with Crippen molar-refractivity contribution in [2.45, 2.75) is 43.4 Å². The van der Waals surface area contributed by atoms with E-state index in [-0.39, 0.29) is 12.8 Å². The highest BCUT2D eigenvalue weighted by Gasteiger charge is 2.46. The van der Waals surface area contributed by atoms with E-state index in [1.807, 2.05) is 30.3 Å². The molecule has 6 atom stereocenters. The van der Waals surface area contributed by atoms with Crippen LogP contribution in [0.5, 0.6) is 0 Å². The summed E-state index contributed by atoms with van der Waals surface area (Å²) < 4.78 is 5.57. The lowest BCUT2D eigenvalue weighted by atomic mass is 9.85. The SMILES string of the molecule is O=C(O)CCC(CNc1ccccc1)[C@@H]1O[C@H](CO)[C@H](O)[C@H](O)[C@H]1O. The van der Waals surface area contributed by atoms with Crippen LogP contribution >= 0.6 is 0 Å². The minimum absolute atomic E-state index is 0.129. The van der Waals surface area contributed by atoms with Gasteiger partial charge >= 0.3 is 5.97 Å². The van der Waals surface area contributed by atoms with Crippen LogP contribution in [0.3, 0.4) is 0 Å². The Kier molecular flexibility index (Phi) is 7.15. The fourth-order valence-electron chi connectivity index (χ4n) is 3.02. The van der Waals surface area contributed by atoms with Crippen molar-refractivity contribution in [2.75, 3.05) is 18.5 Å². The summed E-state index contributed by atoms with van der Waals surface area (Å²) in [5.41, 5.74) is 0.826. The molecule has 25 heavy (non-hydrogen) atoms. The maximum absolute atomic E-state index is 10.9. The van der Waals surface area contributed by atoms with E-state index in [0.29, 0.717) is 6.54 Å². The van der Waals surface area contributed by atoms with E-state index < -0.39 is 49.0 Å². The number of ether oxygens (including phenoxy) is 1. The molecule has 1 saturated heterocycles. The van der Waals surface area contributed by atoms with Gasteiger partial charge in [-0.1, -0.05) is 18.2 Å². The van der Waals surface area contributed by atoms with Gasteiger partial charge in [-0.3, -0.25) is 4.79 Å². The van der Waals surface area contributed by atoms with Gasteiger partial charge in [-0.25, -0.2) is 0 Å². The molecule has 140 valence electrons. The summed E-state index contributed by atoms with van der Waals surface area (Å²) in [5, 5.41) is 51.5. The molecule has 1 aromatic carbocycles. The number of hydrogen-bond acceptors (Lipinski definition) is 7. The highest BCUT2D eigenvalue weighted by atomic mass is 16.5. The molecule has 6 N–H and O–H groups in total. The van der Waals surface area contributed by atoms with Gasteiger partial charge in [-0.05, 0) is 18.6 Å². The summed E-state index contributed by atoms with van der Waals surface area (Å²) in [6.07, 6.45) is -6.13. The molecule has 1 aliphatic heterocycles. The van der Waals surface area contributed by atoms with Crippen LogP contribution in [0.4, 0.5) is 5.69 Å². The first-order chi connectivity index (χ1) is 11.9. The number of carbonyl (C=O) groups is 1. The van der Waals surface area contributed by atoms with Crippen LogP contribution in [-0.2, 0) is 9.53 Å². The van der Waals surface area contributed by atoms with E-state index in [4.69, 9.17) is 9.84 Å². The molecule has 1 aliphatic rings. The minimum Gasteiger partial charge on any atom is -0.481 e. The largest absolute Gasteiger partial charge is 0.481 e. The van der Waals surface area contributed by atoms with Gasteiger partial charge in [0, 0.05) is 24.6 Å². The zero-order chi connectivity index (χ0) is 18.4. The van der Waals surface area contributed by atoms with Crippen molar-refractivity contribution in [1.29, 1.82) is 0 Å². The molecule has 1 aromatic rings. The van der Waals surface area contributed by atoms with Crippen LogP contribution < -0.4 is 5.32 Å². The van der Waals surface area contributed by atoms with Gasteiger partial charge < -0.3 is 35.6 Å². The summed E-state index contributed by atoms with van der Waals surface area (Å²) in [6, 6.07) is 9.26. The number of hydrogen-bond donors (Lipinski definition) is 6. The third-order valence-corrected chi connectivity index (χ3v) is 4.46. The molecule has 0 radical (unpaired) electrons. The van der Waals surface area contributed by atoms with Crippen LogP contribution in [0.2, 0.25) is 0 Å². The Morgan fingerprint density at radius 2 is 1.80 bits per heavy atom.